The predicted octanol–water partition coefficient (Wildman–Crippen LogP) is 14.8. The zero-order valence-electron chi connectivity index (χ0n) is 41.8. The van der Waals surface area contributed by atoms with E-state index >= 15 is 0 Å². The summed E-state index contributed by atoms with van der Waals surface area (Å²) in [6, 6.07) is 0. The number of cyclic esters (lactones) is 1. The molecular formula is C53H104Br2MgO6. The number of unbranched alkanes of at least 4 members (excludes halogenated alkanes) is 23. The van der Waals surface area contributed by atoms with Crippen LogP contribution in [0.2, 0.25) is 0 Å². The van der Waals surface area contributed by atoms with Crippen molar-refractivity contribution in [3.05, 3.63) is 6.92 Å². The number of carboxylic acids is 2. The molecule has 0 bridgehead atoms. The van der Waals surface area contributed by atoms with Gasteiger partial charge in [-0.05, 0) is 38.0 Å². The second-order valence-electron chi connectivity index (χ2n) is 18.6. The van der Waals surface area contributed by atoms with Gasteiger partial charge in [-0.2, -0.15) is 5.92 Å². The van der Waals surface area contributed by atoms with Crippen LogP contribution in [0.25, 0.3) is 0 Å². The third kappa shape index (κ3) is 80.4. The van der Waals surface area contributed by atoms with Crippen molar-refractivity contribution in [2.24, 2.45) is 11.8 Å². The van der Waals surface area contributed by atoms with Crippen molar-refractivity contribution in [1.82, 2.24) is 0 Å². The monoisotopic (exact) mass is 1020 g/mol. The van der Waals surface area contributed by atoms with Gasteiger partial charge in [-0.1, -0.05) is 256 Å². The first-order valence-electron chi connectivity index (χ1n) is 26.0. The number of aliphatic carboxylic acids is 2. The molecule has 1 heterocycles. The molecule has 62 heavy (non-hydrogen) atoms. The Morgan fingerprint density at radius 3 is 1.05 bits per heavy atom. The molecule has 0 aliphatic carbocycles. The number of ether oxygens (including phenoxy) is 1. The maximum Gasteiger partial charge on any atom is 2.00 e. The molecule has 0 spiro atoms. The van der Waals surface area contributed by atoms with Gasteiger partial charge in [-0.3, -0.25) is 14.4 Å². The molecular weight excluding hydrogens is 917 g/mol. The minimum Gasteiger partial charge on any atom is -1.00 e. The fraction of sp³-hybridized carbons (Fsp3) is 0.925. The van der Waals surface area contributed by atoms with Crippen LogP contribution in [0.3, 0.4) is 0 Å². The zero-order chi connectivity index (χ0) is 45.0. The Labute approximate surface area is 422 Å². The van der Waals surface area contributed by atoms with E-state index < -0.39 is 11.9 Å². The fourth-order valence-corrected chi connectivity index (χ4v) is 7.71. The Morgan fingerprint density at radius 1 is 0.500 bits per heavy atom. The standard InChI is InChI=1S/C19H38O2.C15H29BrO2.C15H28O2.C4H9.BrH.Mg/c1-18(2)16-14-12-10-8-6-4-3-5-7-9-11-13-15-17-19(20)21;16-14-12-10-8-6-4-2-1-3-5-7-9-11-13-15(17)18;16-15-13-11-9-7-5-3-1-2-4-6-8-10-12-14-17-15;1-4(2)3;;/h18H,3-17H2,1-2H3,(H,20,21);1-14H2,(H,17,18);1-14H2;4H,1H2,2-3H3;1H;/q;;;-1;;+2/p-1. The van der Waals surface area contributed by atoms with Crippen molar-refractivity contribution < 1.29 is 46.3 Å². The van der Waals surface area contributed by atoms with E-state index in [9.17, 15) is 14.4 Å². The normalized spacial score (nSPS) is 13.8. The molecule has 2 N–H and O–H groups in total. The van der Waals surface area contributed by atoms with Crippen molar-refractivity contribution in [2.75, 3.05) is 11.9 Å². The van der Waals surface area contributed by atoms with Gasteiger partial charge in [-0.15, -0.1) is 0 Å². The summed E-state index contributed by atoms with van der Waals surface area (Å²) in [4.78, 5) is 32.0. The summed E-state index contributed by atoms with van der Waals surface area (Å²) in [5, 5.41) is 18.2. The van der Waals surface area contributed by atoms with E-state index in [2.05, 4.69) is 50.5 Å². The first-order valence-corrected chi connectivity index (χ1v) is 27.1. The Balaban J connectivity index is -0.000000248. The molecule has 1 rings (SSSR count). The number of rotatable bonds is 30. The Bertz CT molecular complexity index is 839. The van der Waals surface area contributed by atoms with Gasteiger partial charge in [0.1, 0.15) is 0 Å². The number of halogens is 2. The van der Waals surface area contributed by atoms with Crippen molar-refractivity contribution in [1.29, 1.82) is 0 Å². The number of carboxylic acid groups (broad SMARTS) is 2. The van der Waals surface area contributed by atoms with Crippen LogP contribution in [-0.4, -0.2) is 63.1 Å². The predicted molar refractivity (Wildman–Crippen MR) is 270 cm³/mol. The minimum absolute atomic E-state index is 0. The fourth-order valence-electron chi connectivity index (χ4n) is 7.31. The zero-order valence-corrected chi connectivity index (χ0v) is 46.3. The van der Waals surface area contributed by atoms with Gasteiger partial charge in [0.15, 0.2) is 0 Å². The van der Waals surface area contributed by atoms with E-state index in [0.717, 1.165) is 49.8 Å². The average Bonchev–Trinajstić information content (AvgIpc) is 3.19. The summed E-state index contributed by atoms with van der Waals surface area (Å²) in [5.74, 6) is 0.153. The van der Waals surface area contributed by atoms with Gasteiger partial charge in [-0.25, -0.2) is 0 Å². The Kier molecular flexibility index (Phi) is 72.5. The van der Waals surface area contributed by atoms with Crippen molar-refractivity contribution in [3.8, 4) is 0 Å². The summed E-state index contributed by atoms with van der Waals surface area (Å²) in [5.41, 5.74) is 0. The number of hydrogen-bond donors (Lipinski definition) is 2. The second-order valence-corrected chi connectivity index (χ2v) is 19.4. The largest absolute Gasteiger partial charge is 2.00 e. The summed E-state index contributed by atoms with van der Waals surface area (Å²) < 4.78 is 5.20. The van der Waals surface area contributed by atoms with Gasteiger partial charge >= 0.3 is 41.0 Å². The summed E-state index contributed by atoms with van der Waals surface area (Å²) in [6.45, 7) is 13.0. The molecule has 368 valence electrons. The quantitative estimate of drug-likeness (QED) is 0.0244. The number of esters is 1. The van der Waals surface area contributed by atoms with Crippen LogP contribution in [0.1, 0.15) is 291 Å². The van der Waals surface area contributed by atoms with E-state index in [0.29, 0.717) is 31.8 Å². The molecule has 0 aromatic carbocycles. The molecule has 0 aromatic heterocycles. The molecule has 0 saturated carbocycles. The first kappa shape index (κ1) is 71.1. The molecule has 1 aliphatic rings. The number of hydrogen-bond acceptors (Lipinski definition) is 4. The van der Waals surface area contributed by atoms with Gasteiger partial charge in [0, 0.05) is 24.6 Å². The molecule has 0 atom stereocenters. The van der Waals surface area contributed by atoms with Gasteiger partial charge in [0.2, 0.25) is 0 Å². The van der Waals surface area contributed by atoms with E-state index in [4.69, 9.17) is 14.9 Å². The molecule has 6 nitrogen and oxygen atoms in total. The third-order valence-electron chi connectivity index (χ3n) is 11.0. The Hall–Kier alpha value is 0.136. The molecule has 1 fully saturated rings. The topological polar surface area (TPSA) is 101 Å². The van der Waals surface area contributed by atoms with Gasteiger partial charge in [0.25, 0.3) is 0 Å². The molecule has 0 unspecified atom stereocenters. The first-order chi connectivity index (χ1) is 29.0. The molecule has 0 radical (unpaired) electrons. The molecule has 0 amide bonds. The van der Waals surface area contributed by atoms with Crippen molar-refractivity contribution >= 4 is 56.9 Å². The SMILES string of the molecule is CC(C)CCCCCCCCCCCCCCCC(=O)O.O=C(O)CCCCCCCCCCCCCCBr.O=C1CCCCCCCCCCCCCCO1.[Br-].[CH2-]C(C)C.[Mg+2]. The van der Waals surface area contributed by atoms with Crippen LogP contribution in [-0.2, 0) is 19.1 Å². The van der Waals surface area contributed by atoms with E-state index in [1.54, 1.807) is 0 Å². The van der Waals surface area contributed by atoms with Crippen LogP contribution in [0.4, 0.5) is 0 Å². The molecule has 0 aromatic rings. The smallest absolute Gasteiger partial charge is 1.00 e. The van der Waals surface area contributed by atoms with E-state index in [1.807, 2.05) is 0 Å². The van der Waals surface area contributed by atoms with E-state index in [1.165, 1.54) is 205 Å². The molecule has 9 heteroatoms. The Morgan fingerprint density at radius 2 is 0.758 bits per heavy atom. The number of carbonyl (C=O) groups excluding carboxylic acids is 1. The molecule has 1 aliphatic heterocycles. The third-order valence-corrected chi connectivity index (χ3v) is 11.5. The second kappa shape index (κ2) is 63.2. The van der Waals surface area contributed by atoms with Crippen LogP contribution < -0.4 is 17.0 Å². The number of alkyl halides is 1. The maximum atomic E-state index is 11.4. The average molecular weight is 1020 g/mol. The summed E-state index contributed by atoms with van der Waals surface area (Å²) >= 11 is 3.45. The van der Waals surface area contributed by atoms with Crippen molar-refractivity contribution in [2.45, 2.75) is 291 Å². The van der Waals surface area contributed by atoms with E-state index in [-0.39, 0.29) is 46.0 Å². The number of carbonyl (C=O) groups is 3. The van der Waals surface area contributed by atoms with Crippen LogP contribution >= 0.6 is 15.9 Å². The summed E-state index contributed by atoms with van der Waals surface area (Å²) in [6.07, 6.45) is 50.4. The molecule has 1 saturated heterocycles. The van der Waals surface area contributed by atoms with Gasteiger partial charge < -0.3 is 38.9 Å². The van der Waals surface area contributed by atoms with Crippen molar-refractivity contribution in [3.63, 3.8) is 0 Å². The van der Waals surface area contributed by atoms with Crippen LogP contribution in [0.15, 0.2) is 0 Å². The van der Waals surface area contributed by atoms with Crippen LogP contribution in [0.5, 0.6) is 0 Å². The van der Waals surface area contributed by atoms with Gasteiger partial charge in [0.05, 0.1) is 6.61 Å². The maximum absolute atomic E-state index is 11.4. The minimum atomic E-state index is -0.657. The van der Waals surface area contributed by atoms with Crippen LogP contribution in [0, 0.1) is 18.8 Å². The summed E-state index contributed by atoms with van der Waals surface area (Å²) in [7, 11) is 0.